The molecule has 2 N–H and O–H groups in total. The van der Waals surface area contributed by atoms with Crippen LogP contribution in [-0.4, -0.2) is 18.6 Å². The van der Waals surface area contributed by atoms with Crippen molar-refractivity contribution in [1.29, 1.82) is 0 Å². The van der Waals surface area contributed by atoms with Crippen molar-refractivity contribution in [3.63, 3.8) is 0 Å². The van der Waals surface area contributed by atoms with Gasteiger partial charge < -0.3 is 10.1 Å². The lowest BCUT2D eigenvalue weighted by atomic mass is 9.95. The summed E-state index contributed by atoms with van der Waals surface area (Å²) in [6.07, 6.45) is 4.03. The van der Waals surface area contributed by atoms with Crippen LogP contribution in [0.3, 0.4) is 0 Å². The highest BCUT2D eigenvalue weighted by atomic mass is 32.1. The van der Waals surface area contributed by atoms with Gasteiger partial charge in [-0.15, -0.1) is 11.3 Å². The van der Waals surface area contributed by atoms with Gasteiger partial charge >= 0.3 is 12.0 Å². The van der Waals surface area contributed by atoms with Crippen LogP contribution in [0.4, 0.5) is 9.80 Å². The van der Waals surface area contributed by atoms with Gasteiger partial charge in [0, 0.05) is 11.4 Å². The van der Waals surface area contributed by atoms with E-state index in [2.05, 4.69) is 10.6 Å². The Morgan fingerprint density at radius 2 is 2.12 bits per heavy atom. The molecule has 128 valence electrons. The molecule has 3 rings (SSSR count). The average molecular weight is 364 g/mol. The molecular formula is C17H20N2O3S2. The van der Waals surface area contributed by atoms with Crippen LogP contribution in [0.5, 0.6) is 0 Å². The highest BCUT2D eigenvalue weighted by Gasteiger charge is 2.27. The summed E-state index contributed by atoms with van der Waals surface area (Å²) in [7, 11) is 0. The van der Waals surface area contributed by atoms with E-state index >= 15 is 0 Å². The van der Waals surface area contributed by atoms with Gasteiger partial charge in [0.2, 0.25) is 0 Å². The molecule has 0 bridgehead atoms. The van der Waals surface area contributed by atoms with Crippen molar-refractivity contribution < 1.29 is 14.3 Å². The fourth-order valence-corrected chi connectivity index (χ4v) is 4.74. The summed E-state index contributed by atoms with van der Waals surface area (Å²) >= 11 is 3.09. The lowest BCUT2D eigenvalue weighted by molar-refractivity contribution is 0.0526. The third kappa shape index (κ3) is 3.79. The fraction of sp³-hybridized carbons (Fsp3) is 0.412. The molecule has 2 aromatic heterocycles. The Hall–Kier alpha value is -1.86. The summed E-state index contributed by atoms with van der Waals surface area (Å²) in [5.74, 6) is -0.343. The van der Waals surface area contributed by atoms with Gasteiger partial charge in [-0.25, -0.2) is 9.59 Å². The summed E-state index contributed by atoms with van der Waals surface area (Å²) in [5, 5.41) is 10.2. The number of amides is 2. The SMILES string of the molecule is CCOC(=O)c1c(NC(=O)NCc2ccsc2)sc2c1CCCC2. The number of fused-ring (bicyclic) bond motifs is 1. The maximum absolute atomic E-state index is 12.3. The number of urea groups is 1. The summed E-state index contributed by atoms with van der Waals surface area (Å²) in [5.41, 5.74) is 2.66. The van der Waals surface area contributed by atoms with E-state index in [1.54, 1.807) is 18.3 Å². The van der Waals surface area contributed by atoms with E-state index in [9.17, 15) is 9.59 Å². The number of anilines is 1. The van der Waals surface area contributed by atoms with Crippen molar-refractivity contribution in [2.45, 2.75) is 39.2 Å². The largest absolute Gasteiger partial charge is 0.462 e. The average Bonchev–Trinajstić information content (AvgIpc) is 3.20. The Morgan fingerprint density at radius 3 is 2.88 bits per heavy atom. The Balaban J connectivity index is 1.75. The molecule has 0 saturated heterocycles. The number of ether oxygens (including phenoxy) is 1. The highest BCUT2D eigenvalue weighted by molar-refractivity contribution is 7.17. The van der Waals surface area contributed by atoms with E-state index < -0.39 is 0 Å². The van der Waals surface area contributed by atoms with Crippen LogP contribution in [0.1, 0.15) is 46.1 Å². The van der Waals surface area contributed by atoms with E-state index in [4.69, 9.17) is 4.74 Å². The molecule has 1 aliphatic carbocycles. The number of hydrogen-bond acceptors (Lipinski definition) is 5. The van der Waals surface area contributed by atoms with Gasteiger partial charge in [-0.3, -0.25) is 5.32 Å². The zero-order chi connectivity index (χ0) is 16.9. The summed E-state index contributed by atoms with van der Waals surface area (Å²) in [6.45, 7) is 2.58. The van der Waals surface area contributed by atoms with E-state index in [1.165, 1.54) is 16.2 Å². The molecule has 5 nitrogen and oxygen atoms in total. The first-order chi connectivity index (χ1) is 11.7. The lowest BCUT2D eigenvalue weighted by Crippen LogP contribution is -2.28. The molecule has 0 saturated carbocycles. The molecule has 2 heterocycles. The van der Waals surface area contributed by atoms with Gasteiger partial charge in [0.25, 0.3) is 0 Å². The summed E-state index contributed by atoms with van der Waals surface area (Å²) in [4.78, 5) is 25.7. The molecule has 0 atom stereocenters. The van der Waals surface area contributed by atoms with Crippen molar-refractivity contribution >= 4 is 39.7 Å². The van der Waals surface area contributed by atoms with Gasteiger partial charge in [0.1, 0.15) is 5.00 Å². The predicted octanol–water partition coefficient (Wildman–Crippen LogP) is 4.19. The predicted molar refractivity (Wildman–Crippen MR) is 97.1 cm³/mol. The smallest absolute Gasteiger partial charge is 0.341 e. The van der Waals surface area contributed by atoms with Gasteiger partial charge in [-0.1, -0.05) is 0 Å². The van der Waals surface area contributed by atoms with Crippen LogP contribution in [0.25, 0.3) is 0 Å². The van der Waals surface area contributed by atoms with E-state index in [1.807, 2.05) is 16.8 Å². The highest BCUT2D eigenvalue weighted by Crippen LogP contribution is 2.38. The second kappa shape index (κ2) is 7.81. The maximum atomic E-state index is 12.3. The quantitative estimate of drug-likeness (QED) is 0.782. The minimum absolute atomic E-state index is 0.301. The van der Waals surface area contributed by atoms with Gasteiger partial charge in [-0.05, 0) is 60.6 Å². The summed E-state index contributed by atoms with van der Waals surface area (Å²) in [6, 6.07) is 1.67. The first-order valence-corrected chi connectivity index (χ1v) is 9.82. The zero-order valence-corrected chi connectivity index (χ0v) is 15.1. The molecule has 7 heteroatoms. The van der Waals surface area contributed by atoms with Gasteiger partial charge in [0.05, 0.1) is 12.2 Å². The van der Waals surface area contributed by atoms with Crippen LogP contribution in [0, 0.1) is 0 Å². The Kier molecular flexibility index (Phi) is 5.52. The lowest BCUT2D eigenvalue weighted by Gasteiger charge is -2.12. The topological polar surface area (TPSA) is 67.4 Å². The van der Waals surface area contributed by atoms with Crippen molar-refractivity contribution in [1.82, 2.24) is 5.32 Å². The van der Waals surface area contributed by atoms with E-state index in [-0.39, 0.29) is 12.0 Å². The number of nitrogens with one attached hydrogen (secondary N) is 2. The second-order valence-electron chi connectivity index (χ2n) is 5.57. The minimum Gasteiger partial charge on any atom is -0.462 e. The van der Waals surface area contributed by atoms with Gasteiger partial charge in [-0.2, -0.15) is 11.3 Å². The number of hydrogen-bond donors (Lipinski definition) is 2. The third-order valence-corrected chi connectivity index (χ3v) is 5.85. The van der Waals surface area contributed by atoms with Crippen molar-refractivity contribution in [3.8, 4) is 0 Å². The van der Waals surface area contributed by atoms with Crippen LogP contribution in [0.2, 0.25) is 0 Å². The minimum atomic E-state index is -0.343. The number of rotatable bonds is 5. The zero-order valence-electron chi connectivity index (χ0n) is 13.5. The maximum Gasteiger partial charge on any atom is 0.341 e. The van der Waals surface area contributed by atoms with Crippen LogP contribution < -0.4 is 10.6 Å². The van der Waals surface area contributed by atoms with Crippen LogP contribution >= 0.6 is 22.7 Å². The normalized spacial score (nSPS) is 13.2. The number of thiophene rings is 2. The van der Waals surface area contributed by atoms with Crippen LogP contribution in [-0.2, 0) is 24.1 Å². The molecule has 0 fully saturated rings. The molecule has 0 radical (unpaired) electrons. The number of aryl methyl sites for hydroxylation is 1. The molecule has 2 amide bonds. The Bertz CT molecular complexity index is 723. The molecule has 0 unspecified atom stereocenters. The van der Waals surface area contributed by atoms with Crippen molar-refractivity contribution in [2.75, 3.05) is 11.9 Å². The second-order valence-corrected chi connectivity index (χ2v) is 7.46. The number of carbonyl (C=O) groups excluding carboxylic acids is 2. The van der Waals surface area contributed by atoms with E-state index in [0.717, 1.165) is 36.8 Å². The van der Waals surface area contributed by atoms with Crippen LogP contribution in [0.15, 0.2) is 16.8 Å². The fourth-order valence-electron chi connectivity index (χ4n) is 2.80. The monoisotopic (exact) mass is 364 g/mol. The molecule has 0 aromatic carbocycles. The van der Waals surface area contributed by atoms with Crippen molar-refractivity contribution in [3.05, 3.63) is 38.4 Å². The van der Waals surface area contributed by atoms with E-state index in [0.29, 0.717) is 23.7 Å². The molecule has 0 spiro atoms. The van der Waals surface area contributed by atoms with Crippen molar-refractivity contribution in [2.24, 2.45) is 0 Å². The van der Waals surface area contributed by atoms with Gasteiger partial charge in [0.15, 0.2) is 0 Å². The first kappa shape index (κ1) is 17.0. The molecule has 1 aliphatic rings. The Labute approximate surface area is 149 Å². The molecular weight excluding hydrogens is 344 g/mol. The third-order valence-electron chi connectivity index (χ3n) is 3.91. The molecule has 0 aliphatic heterocycles. The molecule has 24 heavy (non-hydrogen) atoms. The summed E-state index contributed by atoms with van der Waals surface area (Å²) < 4.78 is 5.19. The molecule has 2 aromatic rings. The standard InChI is InChI=1S/C17H20N2O3S2/c1-2-22-16(20)14-12-5-3-4-6-13(12)24-15(14)19-17(21)18-9-11-7-8-23-10-11/h7-8,10H,2-6,9H2,1H3,(H2,18,19,21). The number of esters is 1. The first-order valence-electron chi connectivity index (χ1n) is 8.06. The Morgan fingerprint density at radius 1 is 1.29 bits per heavy atom. The number of carbonyl (C=O) groups is 2.